The van der Waals surface area contributed by atoms with Crippen LogP contribution in [0, 0.1) is 11.8 Å². The van der Waals surface area contributed by atoms with E-state index in [4.69, 9.17) is 4.74 Å². The zero-order valence-corrected chi connectivity index (χ0v) is 18.7. The number of methoxy groups -OCH3 is 1. The minimum atomic E-state index is -0.104. The lowest BCUT2D eigenvalue weighted by molar-refractivity contribution is -0.146. The maximum absolute atomic E-state index is 13.4. The number of likely N-dealkylation sites (tertiary alicyclic amines) is 1. The molecule has 1 aromatic carbocycles. The molecule has 1 saturated carbocycles. The summed E-state index contributed by atoms with van der Waals surface area (Å²) in [6.45, 7) is 5.58. The summed E-state index contributed by atoms with van der Waals surface area (Å²) in [5.74, 6) is 0.731. The average molecular weight is 424 g/mol. The van der Waals surface area contributed by atoms with Crippen LogP contribution in [0.1, 0.15) is 61.8 Å². The Labute approximate surface area is 184 Å². The molecule has 1 amide bonds. The van der Waals surface area contributed by atoms with E-state index in [1.54, 1.807) is 0 Å². The topological polar surface area (TPSA) is 54.8 Å². The van der Waals surface area contributed by atoms with E-state index in [9.17, 15) is 9.59 Å². The third-order valence-corrected chi connectivity index (χ3v) is 7.44. The molecule has 0 N–H and O–H groups in total. The molecule has 166 valence electrons. The molecular formula is C25H33N3O3. The second-order valence-electron chi connectivity index (χ2n) is 9.64. The monoisotopic (exact) mass is 423 g/mol. The highest BCUT2D eigenvalue weighted by atomic mass is 16.5. The Morgan fingerprint density at radius 1 is 0.968 bits per heavy atom. The molecule has 1 aromatic heterocycles. The molecule has 2 aromatic rings. The van der Waals surface area contributed by atoms with Crippen LogP contribution in [-0.2, 0) is 9.53 Å². The first-order valence-corrected chi connectivity index (χ1v) is 11.8. The van der Waals surface area contributed by atoms with Gasteiger partial charge in [-0.3, -0.25) is 9.59 Å². The van der Waals surface area contributed by atoms with Gasteiger partial charge in [-0.05, 0) is 62.6 Å². The number of carbonyl (C=O) groups excluding carboxylic acids is 2. The highest BCUT2D eigenvalue weighted by Crippen LogP contribution is 2.41. The Hall–Kier alpha value is -2.50. The van der Waals surface area contributed by atoms with Crippen LogP contribution in [0.5, 0.6) is 0 Å². The number of esters is 1. The normalized spacial score (nSPS) is 21.0. The van der Waals surface area contributed by atoms with Gasteiger partial charge < -0.3 is 19.1 Å². The maximum atomic E-state index is 13.4. The predicted molar refractivity (Wildman–Crippen MR) is 121 cm³/mol. The average Bonchev–Trinajstić information content (AvgIpc) is 3.56. The molecule has 2 saturated heterocycles. The molecule has 6 heteroatoms. The van der Waals surface area contributed by atoms with Crippen molar-refractivity contribution in [1.82, 2.24) is 9.47 Å². The molecule has 5 rings (SSSR count). The number of hydrogen-bond donors (Lipinski definition) is 0. The van der Waals surface area contributed by atoms with Crippen molar-refractivity contribution < 1.29 is 14.3 Å². The maximum Gasteiger partial charge on any atom is 0.308 e. The number of piperidine rings is 2. The smallest absolute Gasteiger partial charge is 0.308 e. The van der Waals surface area contributed by atoms with Gasteiger partial charge in [-0.25, -0.2) is 0 Å². The third-order valence-electron chi connectivity index (χ3n) is 7.44. The van der Waals surface area contributed by atoms with E-state index in [1.807, 2.05) is 4.90 Å². The van der Waals surface area contributed by atoms with Crippen LogP contribution in [0.2, 0.25) is 0 Å². The number of fused-ring (bicyclic) bond motifs is 1. The summed E-state index contributed by atoms with van der Waals surface area (Å²) in [6, 6.07) is 6.97. The van der Waals surface area contributed by atoms with Crippen molar-refractivity contribution >= 4 is 28.5 Å². The lowest BCUT2D eigenvalue weighted by atomic mass is 9.95. The molecule has 2 aliphatic heterocycles. The standard InChI is InChI=1S/C25H33N3O3/c1-17-5-10-27(11-6-17)24(29)19-15-22(26-12-7-18(8-13-26)25(30)31-2)21-9-14-28(20-3-4-20)23(21)16-19/h9,14-18,20H,3-8,10-13H2,1-2H3. The van der Waals surface area contributed by atoms with Crippen molar-refractivity contribution in [3.05, 3.63) is 30.0 Å². The summed E-state index contributed by atoms with van der Waals surface area (Å²) < 4.78 is 7.31. The van der Waals surface area contributed by atoms with Gasteiger partial charge >= 0.3 is 5.97 Å². The fraction of sp³-hybridized carbons (Fsp3) is 0.600. The van der Waals surface area contributed by atoms with Crippen LogP contribution < -0.4 is 4.90 Å². The third kappa shape index (κ3) is 3.92. The molecular weight excluding hydrogens is 390 g/mol. The molecule has 3 heterocycles. The Morgan fingerprint density at radius 2 is 1.68 bits per heavy atom. The number of benzene rings is 1. The lowest BCUT2D eigenvalue weighted by Crippen LogP contribution is -2.38. The number of hydrogen-bond acceptors (Lipinski definition) is 4. The van der Waals surface area contributed by atoms with Crippen molar-refractivity contribution in [2.75, 3.05) is 38.2 Å². The molecule has 3 fully saturated rings. The Kier molecular flexibility index (Phi) is 5.40. The van der Waals surface area contributed by atoms with Crippen LogP contribution >= 0.6 is 0 Å². The summed E-state index contributed by atoms with van der Waals surface area (Å²) in [7, 11) is 1.47. The van der Waals surface area contributed by atoms with Gasteiger partial charge in [-0.1, -0.05) is 6.92 Å². The lowest BCUT2D eigenvalue weighted by Gasteiger charge is -2.34. The van der Waals surface area contributed by atoms with E-state index in [-0.39, 0.29) is 17.8 Å². The largest absolute Gasteiger partial charge is 0.469 e. The van der Waals surface area contributed by atoms with E-state index in [0.29, 0.717) is 12.0 Å². The summed E-state index contributed by atoms with van der Waals surface area (Å²) in [5, 5.41) is 1.22. The molecule has 0 spiro atoms. The fourth-order valence-electron chi connectivity index (χ4n) is 5.22. The molecule has 0 bridgehead atoms. The number of carbonyl (C=O) groups is 2. The second kappa shape index (κ2) is 8.21. The van der Waals surface area contributed by atoms with Gasteiger partial charge in [0.2, 0.25) is 0 Å². The van der Waals surface area contributed by atoms with Gasteiger partial charge in [-0.15, -0.1) is 0 Å². The van der Waals surface area contributed by atoms with Crippen molar-refractivity contribution in [2.45, 2.75) is 51.5 Å². The number of anilines is 1. The number of amides is 1. The molecule has 3 aliphatic rings. The van der Waals surface area contributed by atoms with Gasteiger partial charge in [0.15, 0.2) is 0 Å². The minimum Gasteiger partial charge on any atom is -0.469 e. The van der Waals surface area contributed by atoms with Crippen molar-refractivity contribution in [2.24, 2.45) is 11.8 Å². The van der Waals surface area contributed by atoms with Crippen LogP contribution in [-0.4, -0.2) is 54.6 Å². The van der Waals surface area contributed by atoms with Crippen molar-refractivity contribution in [3.63, 3.8) is 0 Å². The van der Waals surface area contributed by atoms with Gasteiger partial charge in [0.1, 0.15) is 0 Å². The molecule has 0 unspecified atom stereocenters. The van der Waals surface area contributed by atoms with Crippen LogP contribution in [0.3, 0.4) is 0 Å². The first-order chi connectivity index (χ1) is 15.0. The van der Waals surface area contributed by atoms with Gasteiger partial charge in [0.05, 0.1) is 18.5 Å². The van der Waals surface area contributed by atoms with Gasteiger partial charge in [-0.2, -0.15) is 0 Å². The van der Waals surface area contributed by atoms with Crippen molar-refractivity contribution in [3.8, 4) is 0 Å². The van der Waals surface area contributed by atoms with Crippen LogP contribution in [0.4, 0.5) is 5.69 Å². The molecule has 0 radical (unpaired) electrons. The van der Waals surface area contributed by atoms with E-state index < -0.39 is 0 Å². The first-order valence-electron chi connectivity index (χ1n) is 11.8. The number of aromatic nitrogens is 1. The SMILES string of the molecule is COC(=O)C1CCN(c2cc(C(=O)N3CCC(C)CC3)cc3c2ccn3C2CC2)CC1. The van der Waals surface area contributed by atoms with E-state index in [0.717, 1.165) is 63.1 Å². The highest BCUT2D eigenvalue weighted by molar-refractivity contribution is 6.03. The minimum absolute atomic E-state index is 0.0204. The molecule has 1 aliphatic carbocycles. The summed E-state index contributed by atoms with van der Waals surface area (Å²) in [6.07, 6.45) is 8.36. The van der Waals surface area contributed by atoms with Crippen molar-refractivity contribution in [1.29, 1.82) is 0 Å². The zero-order chi connectivity index (χ0) is 21.5. The number of nitrogens with zero attached hydrogens (tertiary/aromatic N) is 3. The van der Waals surface area contributed by atoms with Gasteiger partial charge in [0.25, 0.3) is 5.91 Å². The Bertz CT molecular complexity index is 977. The van der Waals surface area contributed by atoms with Crippen LogP contribution in [0.25, 0.3) is 10.9 Å². The number of rotatable bonds is 4. The summed E-state index contributed by atoms with van der Waals surface area (Å²) in [5.41, 5.74) is 3.10. The first kappa shape index (κ1) is 20.4. The summed E-state index contributed by atoms with van der Waals surface area (Å²) in [4.78, 5) is 29.8. The highest BCUT2D eigenvalue weighted by Gasteiger charge is 2.30. The Balaban J connectivity index is 1.47. The summed E-state index contributed by atoms with van der Waals surface area (Å²) >= 11 is 0. The Morgan fingerprint density at radius 3 is 2.32 bits per heavy atom. The molecule has 6 nitrogen and oxygen atoms in total. The van der Waals surface area contributed by atoms with Crippen LogP contribution in [0.15, 0.2) is 24.4 Å². The second-order valence-corrected chi connectivity index (χ2v) is 9.64. The molecule has 0 atom stereocenters. The zero-order valence-electron chi connectivity index (χ0n) is 18.7. The van der Waals surface area contributed by atoms with Gasteiger partial charge in [0, 0.05) is 55.1 Å². The molecule has 31 heavy (non-hydrogen) atoms. The quantitative estimate of drug-likeness (QED) is 0.691. The van der Waals surface area contributed by atoms with E-state index in [2.05, 4.69) is 40.8 Å². The fourth-order valence-corrected chi connectivity index (χ4v) is 5.22. The number of ether oxygens (including phenoxy) is 1. The van der Waals surface area contributed by atoms with E-state index in [1.165, 1.54) is 30.9 Å². The van der Waals surface area contributed by atoms with E-state index >= 15 is 0 Å². The predicted octanol–water partition coefficient (Wildman–Crippen LogP) is 4.24.